The van der Waals surface area contributed by atoms with Gasteiger partial charge in [0, 0.05) is 30.0 Å². The number of nitrogens with zero attached hydrogens (tertiary/aromatic N) is 2. The van der Waals surface area contributed by atoms with E-state index in [4.69, 9.17) is 4.74 Å². The van der Waals surface area contributed by atoms with Gasteiger partial charge < -0.3 is 14.9 Å². The number of amides is 3. The molecule has 0 bridgehead atoms. The summed E-state index contributed by atoms with van der Waals surface area (Å²) in [5, 5.41) is 25.2. The molecule has 3 N–H and O–H groups in total. The zero-order chi connectivity index (χ0) is 23.2. The SMILES string of the molecule is CCOC(=O)NN=C1C[C@@H](O)[C@@H](O)[C@@H]2[C@@H]3C(=O)N(c4ccc(F)cc4F)C(=O)[C@@H]3CC[C@@H]12. The second kappa shape index (κ2) is 8.55. The summed E-state index contributed by atoms with van der Waals surface area (Å²) in [6.45, 7) is 1.77. The second-order valence-corrected chi connectivity index (χ2v) is 8.20. The Morgan fingerprint density at radius 2 is 1.94 bits per heavy atom. The lowest BCUT2D eigenvalue weighted by Gasteiger charge is -2.45. The molecule has 1 saturated heterocycles. The molecule has 172 valence electrons. The molecular weight excluding hydrogens is 428 g/mol. The summed E-state index contributed by atoms with van der Waals surface area (Å²) in [7, 11) is 0. The number of halogens is 2. The van der Waals surface area contributed by atoms with Crippen molar-refractivity contribution in [2.24, 2.45) is 28.8 Å². The minimum absolute atomic E-state index is 0.0232. The molecule has 1 heterocycles. The first-order chi connectivity index (χ1) is 15.2. The molecule has 3 fully saturated rings. The van der Waals surface area contributed by atoms with E-state index in [9.17, 15) is 33.4 Å². The summed E-state index contributed by atoms with van der Waals surface area (Å²) in [4.78, 5) is 38.6. The maximum Gasteiger partial charge on any atom is 0.427 e. The molecule has 0 unspecified atom stereocenters. The fraction of sp³-hybridized carbons (Fsp3) is 0.524. The topological polar surface area (TPSA) is 129 Å². The first kappa shape index (κ1) is 22.3. The maximum atomic E-state index is 14.4. The van der Waals surface area contributed by atoms with Gasteiger partial charge in [0.05, 0.1) is 36.3 Å². The van der Waals surface area contributed by atoms with Gasteiger partial charge in [-0.25, -0.2) is 23.9 Å². The summed E-state index contributed by atoms with van der Waals surface area (Å²) in [5.74, 6) is -6.39. The zero-order valence-corrected chi connectivity index (χ0v) is 17.2. The van der Waals surface area contributed by atoms with Crippen molar-refractivity contribution in [3.63, 3.8) is 0 Å². The van der Waals surface area contributed by atoms with Gasteiger partial charge in [-0.3, -0.25) is 9.59 Å². The zero-order valence-electron chi connectivity index (χ0n) is 17.2. The number of ether oxygens (including phenoxy) is 1. The Balaban J connectivity index is 1.66. The summed E-state index contributed by atoms with van der Waals surface area (Å²) < 4.78 is 32.4. The van der Waals surface area contributed by atoms with E-state index in [1.807, 2.05) is 0 Å². The van der Waals surface area contributed by atoms with Gasteiger partial charge in [0.15, 0.2) is 0 Å². The van der Waals surface area contributed by atoms with Crippen molar-refractivity contribution in [1.29, 1.82) is 0 Å². The molecule has 6 atom stereocenters. The molecule has 0 radical (unpaired) electrons. The van der Waals surface area contributed by atoms with Crippen LogP contribution in [0.2, 0.25) is 0 Å². The highest BCUT2D eigenvalue weighted by Crippen LogP contribution is 2.50. The summed E-state index contributed by atoms with van der Waals surface area (Å²) >= 11 is 0. The van der Waals surface area contributed by atoms with Crippen molar-refractivity contribution < 1.29 is 38.1 Å². The molecule has 1 aromatic carbocycles. The second-order valence-electron chi connectivity index (χ2n) is 8.20. The molecule has 1 aromatic rings. The minimum Gasteiger partial charge on any atom is -0.449 e. The number of fused-ring (bicyclic) bond motifs is 3. The van der Waals surface area contributed by atoms with Gasteiger partial charge in [-0.05, 0) is 31.9 Å². The van der Waals surface area contributed by atoms with Gasteiger partial charge in [0.2, 0.25) is 11.8 Å². The summed E-state index contributed by atoms with van der Waals surface area (Å²) in [6, 6.07) is 2.57. The highest BCUT2D eigenvalue weighted by atomic mass is 19.1. The number of imide groups is 1. The number of carbonyl (C=O) groups excluding carboxylic acids is 3. The van der Waals surface area contributed by atoms with Gasteiger partial charge in [0.25, 0.3) is 0 Å². The molecule has 2 saturated carbocycles. The molecule has 1 aliphatic heterocycles. The fourth-order valence-corrected chi connectivity index (χ4v) is 5.18. The number of aliphatic hydroxyl groups excluding tert-OH is 2. The highest BCUT2D eigenvalue weighted by molar-refractivity contribution is 6.22. The van der Waals surface area contributed by atoms with Crippen LogP contribution in [0.4, 0.5) is 19.3 Å². The van der Waals surface area contributed by atoms with E-state index in [2.05, 4.69) is 10.5 Å². The number of carbonyl (C=O) groups is 3. The van der Waals surface area contributed by atoms with Crippen LogP contribution in [0.25, 0.3) is 0 Å². The largest absolute Gasteiger partial charge is 0.449 e. The number of hydrogen-bond donors (Lipinski definition) is 3. The molecule has 2 aliphatic carbocycles. The van der Waals surface area contributed by atoms with Crippen molar-refractivity contribution in [2.45, 2.75) is 38.4 Å². The third-order valence-electron chi connectivity index (χ3n) is 6.50. The van der Waals surface area contributed by atoms with Crippen molar-refractivity contribution in [1.82, 2.24) is 5.43 Å². The average Bonchev–Trinajstić information content (AvgIpc) is 3.00. The smallest absolute Gasteiger partial charge is 0.427 e. The predicted molar refractivity (Wildman–Crippen MR) is 106 cm³/mol. The van der Waals surface area contributed by atoms with Crippen LogP contribution >= 0.6 is 0 Å². The molecule has 9 nitrogen and oxygen atoms in total. The molecule has 0 aromatic heterocycles. The third-order valence-corrected chi connectivity index (χ3v) is 6.50. The van der Waals surface area contributed by atoms with E-state index in [1.54, 1.807) is 6.92 Å². The molecule has 11 heteroatoms. The Hall–Kier alpha value is -2.92. The lowest BCUT2D eigenvalue weighted by Crippen LogP contribution is -2.55. The predicted octanol–water partition coefficient (Wildman–Crippen LogP) is 1.32. The number of benzene rings is 1. The van der Waals surface area contributed by atoms with Gasteiger partial charge >= 0.3 is 6.09 Å². The van der Waals surface area contributed by atoms with Gasteiger partial charge in [-0.15, -0.1) is 0 Å². The lowest BCUT2D eigenvalue weighted by atomic mass is 9.60. The van der Waals surface area contributed by atoms with E-state index in [0.29, 0.717) is 23.1 Å². The quantitative estimate of drug-likeness (QED) is 0.470. The van der Waals surface area contributed by atoms with E-state index in [1.165, 1.54) is 0 Å². The minimum atomic E-state index is -1.32. The van der Waals surface area contributed by atoms with E-state index in [0.717, 1.165) is 12.1 Å². The van der Waals surface area contributed by atoms with E-state index >= 15 is 0 Å². The number of aliphatic hydroxyl groups is 2. The number of hydrazone groups is 1. The van der Waals surface area contributed by atoms with Crippen LogP contribution in [-0.2, 0) is 14.3 Å². The van der Waals surface area contributed by atoms with Crippen molar-refractivity contribution in [2.75, 3.05) is 11.5 Å². The van der Waals surface area contributed by atoms with Gasteiger partial charge in [0.1, 0.15) is 11.6 Å². The molecular formula is C21H23F2N3O6. The van der Waals surface area contributed by atoms with Crippen LogP contribution in [0.5, 0.6) is 0 Å². The van der Waals surface area contributed by atoms with Gasteiger partial charge in [-0.1, -0.05) is 0 Å². The van der Waals surface area contributed by atoms with Crippen LogP contribution in [-0.4, -0.2) is 52.6 Å². The van der Waals surface area contributed by atoms with E-state index in [-0.39, 0.29) is 25.1 Å². The fourth-order valence-electron chi connectivity index (χ4n) is 5.18. The summed E-state index contributed by atoms with van der Waals surface area (Å²) in [5.41, 5.74) is 2.27. The average molecular weight is 451 g/mol. The number of hydrogen-bond acceptors (Lipinski definition) is 7. The van der Waals surface area contributed by atoms with Crippen molar-refractivity contribution in [3.8, 4) is 0 Å². The molecule has 0 spiro atoms. The maximum absolute atomic E-state index is 14.4. The van der Waals surface area contributed by atoms with Crippen molar-refractivity contribution in [3.05, 3.63) is 29.8 Å². The van der Waals surface area contributed by atoms with Gasteiger partial charge in [-0.2, -0.15) is 5.10 Å². The number of nitrogens with one attached hydrogen (secondary N) is 1. The first-order valence-electron chi connectivity index (χ1n) is 10.4. The first-order valence-corrected chi connectivity index (χ1v) is 10.4. The van der Waals surface area contributed by atoms with Crippen LogP contribution < -0.4 is 10.3 Å². The number of rotatable bonds is 3. The van der Waals surface area contributed by atoms with Crippen LogP contribution in [0.15, 0.2) is 23.3 Å². The molecule has 3 aliphatic rings. The molecule has 4 rings (SSSR count). The highest BCUT2D eigenvalue weighted by Gasteiger charge is 2.60. The molecule has 32 heavy (non-hydrogen) atoms. The normalized spacial score (nSPS) is 33.2. The summed E-state index contributed by atoms with van der Waals surface area (Å²) in [6.07, 6.45) is -2.74. The Kier molecular flexibility index (Phi) is 5.95. The van der Waals surface area contributed by atoms with Crippen LogP contribution in [0.3, 0.4) is 0 Å². The van der Waals surface area contributed by atoms with E-state index < -0.39 is 65.4 Å². The Morgan fingerprint density at radius 3 is 2.62 bits per heavy atom. The standard InChI is InChI=1S/C21H23F2N3O6/c1-2-32-21(31)25-24-13-8-15(27)18(28)16-10(13)4-5-11-17(16)20(30)26(19(11)29)14-6-3-9(22)7-12(14)23/h3,6-7,10-11,15-18,27-28H,2,4-5,8H2,1H3,(H,25,31)/t10-,11+,15+,16-,17+,18+/m0/s1. The molecule has 3 amide bonds. The monoisotopic (exact) mass is 451 g/mol. The Labute approximate surface area is 182 Å². The Morgan fingerprint density at radius 1 is 1.22 bits per heavy atom. The van der Waals surface area contributed by atoms with Crippen LogP contribution in [0, 0.1) is 35.3 Å². The van der Waals surface area contributed by atoms with Crippen molar-refractivity contribution >= 4 is 29.3 Å². The Bertz CT molecular complexity index is 986. The third kappa shape index (κ3) is 3.65. The van der Waals surface area contributed by atoms with Crippen LogP contribution in [0.1, 0.15) is 26.2 Å². The number of anilines is 1. The lowest BCUT2D eigenvalue weighted by molar-refractivity contribution is -0.132.